The molecule has 0 aliphatic heterocycles. The van der Waals surface area contributed by atoms with Crippen molar-refractivity contribution < 1.29 is 0 Å². The Morgan fingerprint density at radius 2 is 2.00 bits per heavy atom. The Labute approximate surface area is 95.3 Å². The zero-order valence-electron chi connectivity index (χ0n) is 9.81. The molecule has 84 valence electrons. The number of anilines is 1. The summed E-state index contributed by atoms with van der Waals surface area (Å²) in [7, 11) is 1.91. The van der Waals surface area contributed by atoms with Crippen LogP contribution in [-0.2, 0) is 0 Å². The van der Waals surface area contributed by atoms with Crippen LogP contribution in [0.5, 0.6) is 0 Å². The first-order chi connectivity index (χ1) is 7.74. The first kappa shape index (κ1) is 10.7. The number of rotatable bonds is 3. The summed E-state index contributed by atoms with van der Waals surface area (Å²) in [4.78, 5) is 0. The zero-order chi connectivity index (χ0) is 11.5. The standard InChI is InChI=1S/C12H16N4/c1-9(2)16-8-14-15-12(16)10-6-4-5-7-11(10)13-3/h4-9,13H,1-3H3. The highest BCUT2D eigenvalue weighted by atomic mass is 15.3. The van der Waals surface area contributed by atoms with Gasteiger partial charge in [0.15, 0.2) is 5.82 Å². The van der Waals surface area contributed by atoms with E-state index in [0.29, 0.717) is 6.04 Å². The van der Waals surface area contributed by atoms with Crippen LogP contribution in [0, 0.1) is 0 Å². The van der Waals surface area contributed by atoms with Crippen molar-refractivity contribution in [3.8, 4) is 11.4 Å². The molecule has 0 saturated carbocycles. The van der Waals surface area contributed by atoms with Crippen LogP contribution in [0.1, 0.15) is 19.9 Å². The maximum absolute atomic E-state index is 4.19. The zero-order valence-corrected chi connectivity index (χ0v) is 9.81. The Bertz CT molecular complexity index is 473. The fourth-order valence-corrected chi connectivity index (χ4v) is 1.71. The largest absolute Gasteiger partial charge is 0.388 e. The molecule has 0 fully saturated rings. The maximum atomic E-state index is 4.19. The van der Waals surface area contributed by atoms with E-state index in [2.05, 4.69) is 40.0 Å². The van der Waals surface area contributed by atoms with Crippen molar-refractivity contribution in [2.75, 3.05) is 12.4 Å². The van der Waals surface area contributed by atoms with Crippen molar-refractivity contribution in [2.24, 2.45) is 0 Å². The van der Waals surface area contributed by atoms with Crippen LogP contribution in [0.3, 0.4) is 0 Å². The van der Waals surface area contributed by atoms with Crippen LogP contribution in [0.4, 0.5) is 5.69 Å². The van der Waals surface area contributed by atoms with Crippen LogP contribution in [-0.4, -0.2) is 21.8 Å². The molecule has 1 N–H and O–H groups in total. The molecule has 0 aliphatic carbocycles. The molecule has 0 bridgehead atoms. The average molecular weight is 216 g/mol. The molecule has 0 unspecified atom stereocenters. The number of hydrogen-bond acceptors (Lipinski definition) is 3. The topological polar surface area (TPSA) is 42.7 Å². The molecule has 0 spiro atoms. The lowest BCUT2D eigenvalue weighted by molar-refractivity contribution is 0.604. The maximum Gasteiger partial charge on any atom is 0.166 e. The van der Waals surface area contributed by atoms with Crippen molar-refractivity contribution >= 4 is 5.69 Å². The van der Waals surface area contributed by atoms with Crippen LogP contribution < -0.4 is 5.32 Å². The lowest BCUT2D eigenvalue weighted by Crippen LogP contribution is -2.03. The van der Waals surface area contributed by atoms with Gasteiger partial charge in [-0.05, 0) is 26.0 Å². The monoisotopic (exact) mass is 216 g/mol. The fourth-order valence-electron chi connectivity index (χ4n) is 1.71. The Balaban J connectivity index is 2.54. The summed E-state index contributed by atoms with van der Waals surface area (Å²) in [5, 5.41) is 11.3. The van der Waals surface area contributed by atoms with Crippen LogP contribution in [0.15, 0.2) is 30.6 Å². The first-order valence-electron chi connectivity index (χ1n) is 5.40. The Morgan fingerprint density at radius 1 is 1.25 bits per heavy atom. The molecule has 0 aliphatic rings. The second kappa shape index (κ2) is 4.35. The number of nitrogens with zero attached hydrogens (tertiary/aromatic N) is 3. The molecule has 1 aromatic carbocycles. The van der Waals surface area contributed by atoms with E-state index in [0.717, 1.165) is 17.1 Å². The molecular formula is C12H16N4. The lowest BCUT2D eigenvalue weighted by Gasteiger charge is -2.12. The van der Waals surface area contributed by atoms with Gasteiger partial charge in [-0.2, -0.15) is 0 Å². The van der Waals surface area contributed by atoms with Gasteiger partial charge in [-0.15, -0.1) is 10.2 Å². The van der Waals surface area contributed by atoms with E-state index in [9.17, 15) is 0 Å². The van der Waals surface area contributed by atoms with Crippen molar-refractivity contribution in [1.82, 2.24) is 14.8 Å². The van der Waals surface area contributed by atoms with Gasteiger partial charge in [0.2, 0.25) is 0 Å². The van der Waals surface area contributed by atoms with Gasteiger partial charge in [0.1, 0.15) is 6.33 Å². The predicted molar refractivity (Wildman–Crippen MR) is 65.4 cm³/mol. The van der Waals surface area contributed by atoms with Gasteiger partial charge in [-0.3, -0.25) is 0 Å². The van der Waals surface area contributed by atoms with E-state index in [1.807, 2.05) is 25.2 Å². The van der Waals surface area contributed by atoms with Gasteiger partial charge in [0, 0.05) is 24.3 Å². The molecule has 4 nitrogen and oxygen atoms in total. The van der Waals surface area contributed by atoms with Gasteiger partial charge in [0.25, 0.3) is 0 Å². The third-order valence-corrected chi connectivity index (χ3v) is 2.57. The first-order valence-corrected chi connectivity index (χ1v) is 5.40. The van der Waals surface area contributed by atoms with Gasteiger partial charge in [-0.1, -0.05) is 12.1 Å². The van der Waals surface area contributed by atoms with Crippen LogP contribution in [0.25, 0.3) is 11.4 Å². The highest BCUT2D eigenvalue weighted by Gasteiger charge is 2.12. The summed E-state index contributed by atoms with van der Waals surface area (Å²) < 4.78 is 2.07. The molecule has 2 rings (SSSR count). The molecule has 0 atom stereocenters. The third-order valence-electron chi connectivity index (χ3n) is 2.57. The Kier molecular flexibility index (Phi) is 2.90. The van der Waals surface area contributed by atoms with E-state index in [1.54, 1.807) is 6.33 Å². The number of aromatic nitrogens is 3. The predicted octanol–water partition coefficient (Wildman–Crippen LogP) is 2.57. The molecule has 16 heavy (non-hydrogen) atoms. The quantitative estimate of drug-likeness (QED) is 0.857. The second-order valence-corrected chi connectivity index (χ2v) is 3.95. The molecule has 4 heteroatoms. The lowest BCUT2D eigenvalue weighted by atomic mass is 10.1. The van der Waals surface area contributed by atoms with Gasteiger partial charge in [0.05, 0.1) is 0 Å². The number of para-hydroxylation sites is 1. The van der Waals surface area contributed by atoms with Gasteiger partial charge < -0.3 is 9.88 Å². The number of nitrogens with one attached hydrogen (secondary N) is 1. The molecule has 1 heterocycles. The molecule has 1 aromatic heterocycles. The smallest absolute Gasteiger partial charge is 0.166 e. The molecule has 0 radical (unpaired) electrons. The molecule has 0 amide bonds. The summed E-state index contributed by atoms with van der Waals surface area (Å²) in [5.41, 5.74) is 2.15. The third kappa shape index (κ3) is 1.78. The summed E-state index contributed by atoms with van der Waals surface area (Å²) in [6.07, 6.45) is 1.77. The number of benzene rings is 1. The highest BCUT2D eigenvalue weighted by Crippen LogP contribution is 2.27. The number of hydrogen-bond donors (Lipinski definition) is 1. The molecule has 0 saturated heterocycles. The summed E-state index contributed by atoms with van der Waals surface area (Å²) >= 11 is 0. The highest BCUT2D eigenvalue weighted by molar-refractivity contribution is 5.73. The van der Waals surface area contributed by atoms with Crippen LogP contribution >= 0.6 is 0 Å². The van der Waals surface area contributed by atoms with E-state index in [4.69, 9.17) is 0 Å². The van der Waals surface area contributed by atoms with Crippen molar-refractivity contribution in [3.05, 3.63) is 30.6 Å². The second-order valence-electron chi connectivity index (χ2n) is 3.95. The van der Waals surface area contributed by atoms with E-state index in [-0.39, 0.29) is 0 Å². The Hall–Kier alpha value is -1.84. The van der Waals surface area contributed by atoms with Gasteiger partial charge in [-0.25, -0.2) is 0 Å². The van der Waals surface area contributed by atoms with Crippen molar-refractivity contribution in [1.29, 1.82) is 0 Å². The summed E-state index contributed by atoms with van der Waals surface area (Å²) in [5.74, 6) is 0.903. The van der Waals surface area contributed by atoms with E-state index >= 15 is 0 Å². The SMILES string of the molecule is CNc1ccccc1-c1nncn1C(C)C. The van der Waals surface area contributed by atoms with E-state index < -0.39 is 0 Å². The van der Waals surface area contributed by atoms with Crippen LogP contribution in [0.2, 0.25) is 0 Å². The summed E-state index contributed by atoms with van der Waals surface area (Å²) in [6.45, 7) is 4.24. The summed E-state index contributed by atoms with van der Waals surface area (Å²) in [6, 6.07) is 8.46. The van der Waals surface area contributed by atoms with Gasteiger partial charge >= 0.3 is 0 Å². The fraction of sp³-hybridized carbons (Fsp3) is 0.333. The Morgan fingerprint density at radius 3 is 2.69 bits per heavy atom. The minimum absolute atomic E-state index is 0.356. The van der Waals surface area contributed by atoms with E-state index in [1.165, 1.54) is 0 Å². The molecule has 2 aromatic rings. The minimum Gasteiger partial charge on any atom is -0.388 e. The molecular weight excluding hydrogens is 200 g/mol. The normalized spacial score (nSPS) is 10.8. The van der Waals surface area contributed by atoms with Crippen molar-refractivity contribution in [3.63, 3.8) is 0 Å². The van der Waals surface area contributed by atoms with Crippen molar-refractivity contribution in [2.45, 2.75) is 19.9 Å². The average Bonchev–Trinajstić information content (AvgIpc) is 2.77. The minimum atomic E-state index is 0.356.